The molecule has 0 saturated heterocycles. The fourth-order valence-corrected chi connectivity index (χ4v) is 0.913. The van der Waals surface area contributed by atoms with Crippen LogP contribution in [0.5, 0.6) is 0 Å². The third-order valence-electron chi connectivity index (χ3n) is 1.62. The standard InChI is InChI=1S/C8H9N3O4/c1-11(4-7(12)13)6-3-9-5(2-10-6)8(14)15/h2-3H,4H2,1H3,(H,12,13)(H,14,15). The van der Waals surface area contributed by atoms with Crippen LogP contribution in [0.3, 0.4) is 0 Å². The van der Waals surface area contributed by atoms with E-state index in [1.807, 2.05) is 0 Å². The molecule has 0 saturated carbocycles. The van der Waals surface area contributed by atoms with Crippen LogP contribution in [-0.2, 0) is 4.79 Å². The molecule has 1 rings (SSSR count). The molecule has 1 heterocycles. The van der Waals surface area contributed by atoms with Crippen molar-refractivity contribution in [3.8, 4) is 0 Å². The van der Waals surface area contributed by atoms with Crippen LogP contribution in [0, 0.1) is 0 Å². The number of carboxylic acid groups (broad SMARTS) is 2. The molecule has 0 bridgehead atoms. The van der Waals surface area contributed by atoms with Crippen LogP contribution in [0.15, 0.2) is 12.4 Å². The predicted octanol–water partition coefficient (Wildman–Crippen LogP) is -0.304. The van der Waals surface area contributed by atoms with E-state index >= 15 is 0 Å². The number of aromatic nitrogens is 2. The van der Waals surface area contributed by atoms with Crippen LogP contribution in [-0.4, -0.2) is 45.7 Å². The number of hydrogen-bond donors (Lipinski definition) is 2. The maximum atomic E-state index is 10.4. The Balaban J connectivity index is 2.79. The van der Waals surface area contributed by atoms with Gasteiger partial charge in [-0.25, -0.2) is 14.8 Å². The van der Waals surface area contributed by atoms with Crippen molar-refractivity contribution in [3.63, 3.8) is 0 Å². The summed E-state index contributed by atoms with van der Waals surface area (Å²) in [4.78, 5) is 29.6. The normalized spacial score (nSPS) is 9.67. The number of rotatable bonds is 4. The van der Waals surface area contributed by atoms with Gasteiger partial charge in [0.1, 0.15) is 12.4 Å². The number of carboxylic acids is 2. The Hall–Kier alpha value is -2.18. The van der Waals surface area contributed by atoms with Crippen molar-refractivity contribution in [1.29, 1.82) is 0 Å². The molecule has 7 nitrogen and oxygen atoms in total. The summed E-state index contributed by atoms with van der Waals surface area (Å²) in [6.07, 6.45) is 2.29. The average molecular weight is 211 g/mol. The second kappa shape index (κ2) is 4.36. The fourth-order valence-electron chi connectivity index (χ4n) is 0.913. The van der Waals surface area contributed by atoms with E-state index in [-0.39, 0.29) is 12.2 Å². The zero-order valence-corrected chi connectivity index (χ0v) is 7.91. The van der Waals surface area contributed by atoms with Gasteiger partial charge in [-0.3, -0.25) is 4.79 Å². The van der Waals surface area contributed by atoms with E-state index in [9.17, 15) is 9.59 Å². The van der Waals surface area contributed by atoms with Crippen LogP contribution in [0.25, 0.3) is 0 Å². The molecule has 0 atom stereocenters. The van der Waals surface area contributed by atoms with Crippen molar-refractivity contribution in [2.24, 2.45) is 0 Å². The number of nitrogens with zero attached hydrogens (tertiary/aromatic N) is 3. The van der Waals surface area contributed by atoms with Gasteiger partial charge in [0.05, 0.1) is 12.4 Å². The topological polar surface area (TPSA) is 104 Å². The highest BCUT2D eigenvalue weighted by Gasteiger charge is 2.09. The predicted molar refractivity (Wildman–Crippen MR) is 49.9 cm³/mol. The molecule has 1 aromatic rings. The Bertz CT molecular complexity index is 376. The lowest BCUT2D eigenvalue weighted by Crippen LogP contribution is -2.26. The largest absolute Gasteiger partial charge is 0.480 e. The van der Waals surface area contributed by atoms with Gasteiger partial charge in [0.25, 0.3) is 0 Å². The number of anilines is 1. The lowest BCUT2D eigenvalue weighted by atomic mass is 10.4. The summed E-state index contributed by atoms with van der Waals surface area (Å²) in [5, 5.41) is 17.1. The minimum absolute atomic E-state index is 0.178. The van der Waals surface area contributed by atoms with Crippen LogP contribution in [0.4, 0.5) is 5.82 Å². The van der Waals surface area contributed by atoms with E-state index in [1.165, 1.54) is 18.1 Å². The molecule has 0 fully saturated rings. The number of likely N-dealkylation sites (N-methyl/N-ethyl adjacent to an activating group) is 1. The van der Waals surface area contributed by atoms with Gasteiger partial charge in [-0.2, -0.15) is 0 Å². The van der Waals surface area contributed by atoms with Crippen molar-refractivity contribution in [1.82, 2.24) is 9.97 Å². The Kier molecular flexibility index (Phi) is 3.17. The average Bonchev–Trinajstić information content (AvgIpc) is 2.17. The molecular weight excluding hydrogens is 202 g/mol. The third-order valence-corrected chi connectivity index (χ3v) is 1.62. The second-order valence-electron chi connectivity index (χ2n) is 2.81. The SMILES string of the molecule is CN(CC(=O)O)c1cnc(C(=O)O)cn1. The molecule has 1 aromatic heterocycles. The molecule has 7 heteroatoms. The number of aromatic carboxylic acids is 1. The van der Waals surface area contributed by atoms with Gasteiger partial charge in [0.2, 0.25) is 0 Å². The lowest BCUT2D eigenvalue weighted by molar-refractivity contribution is -0.135. The first kappa shape index (κ1) is 10.9. The Morgan fingerprint density at radius 3 is 2.40 bits per heavy atom. The molecule has 0 aliphatic rings. The molecule has 0 aromatic carbocycles. The molecule has 2 N–H and O–H groups in total. The number of hydrogen-bond acceptors (Lipinski definition) is 5. The highest BCUT2D eigenvalue weighted by molar-refractivity contribution is 5.85. The van der Waals surface area contributed by atoms with Crippen LogP contribution in [0.1, 0.15) is 10.5 Å². The highest BCUT2D eigenvalue weighted by atomic mass is 16.4. The first-order chi connectivity index (χ1) is 7.00. The third kappa shape index (κ3) is 2.90. The highest BCUT2D eigenvalue weighted by Crippen LogP contribution is 2.05. The van der Waals surface area contributed by atoms with Gasteiger partial charge in [-0.1, -0.05) is 0 Å². The quantitative estimate of drug-likeness (QED) is 0.704. The van der Waals surface area contributed by atoms with Crippen molar-refractivity contribution in [2.75, 3.05) is 18.5 Å². The van der Waals surface area contributed by atoms with E-state index in [2.05, 4.69) is 9.97 Å². The number of aliphatic carboxylic acids is 1. The van der Waals surface area contributed by atoms with Gasteiger partial charge in [-0.05, 0) is 0 Å². The van der Waals surface area contributed by atoms with Gasteiger partial charge in [0, 0.05) is 7.05 Å². The summed E-state index contributed by atoms with van der Waals surface area (Å²) in [5.41, 5.74) is -0.178. The zero-order valence-electron chi connectivity index (χ0n) is 7.91. The van der Waals surface area contributed by atoms with E-state index < -0.39 is 11.9 Å². The van der Waals surface area contributed by atoms with Crippen molar-refractivity contribution >= 4 is 17.8 Å². The van der Waals surface area contributed by atoms with Gasteiger partial charge < -0.3 is 15.1 Å². The summed E-state index contributed by atoms with van der Waals surface area (Å²) in [6.45, 7) is -0.221. The van der Waals surface area contributed by atoms with E-state index in [1.54, 1.807) is 0 Å². The molecule has 15 heavy (non-hydrogen) atoms. The summed E-state index contributed by atoms with van der Waals surface area (Å²) >= 11 is 0. The Morgan fingerprint density at radius 1 is 1.33 bits per heavy atom. The van der Waals surface area contributed by atoms with Crippen LogP contribution in [0.2, 0.25) is 0 Å². The molecule has 0 unspecified atom stereocenters. The minimum Gasteiger partial charge on any atom is -0.480 e. The van der Waals surface area contributed by atoms with Crippen molar-refractivity contribution < 1.29 is 19.8 Å². The zero-order chi connectivity index (χ0) is 11.4. The summed E-state index contributed by atoms with van der Waals surface area (Å²) in [7, 11) is 1.53. The summed E-state index contributed by atoms with van der Waals surface area (Å²) < 4.78 is 0. The van der Waals surface area contributed by atoms with Crippen LogP contribution < -0.4 is 4.90 Å². The molecule has 80 valence electrons. The lowest BCUT2D eigenvalue weighted by Gasteiger charge is -2.14. The summed E-state index contributed by atoms with van der Waals surface area (Å²) in [5.74, 6) is -1.86. The molecule has 0 aliphatic heterocycles. The molecule has 0 amide bonds. The van der Waals surface area contributed by atoms with Crippen molar-refractivity contribution in [3.05, 3.63) is 18.1 Å². The Morgan fingerprint density at radius 2 is 2.00 bits per heavy atom. The monoisotopic (exact) mass is 211 g/mol. The smallest absolute Gasteiger partial charge is 0.356 e. The van der Waals surface area contributed by atoms with Gasteiger partial charge >= 0.3 is 11.9 Å². The Labute approximate surface area is 85.0 Å². The van der Waals surface area contributed by atoms with Crippen molar-refractivity contribution in [2.45, 2.75) is 0 Å². The second-order valence-corrected chi connectivity index (χ2v) is 2.81. The van der Waals surface area contributed by atoms with E-state index in [0.29, 0.717) is 5.82 Å². The van der Waals surface area contributed by atoms with Gasteiger partial charge in [-0.15, -0.1) is 0 Å². The maximum absolute atomic E-state index is 10.4. The number of carbonyl (C=O) groups is 2. The first-order valence-electron chi connectivity index (χ1n) is 3.99. The molecular formula is C8H9N3O4. The maximum Gasteiger partial charge on any atom is 0.356 e. The van der Waals surface area contributed by atoms with E-state index in [4.69, 9.17) is 10.2 Å². The molecule has 0 spiro atoms. The molecule has 0 radical (unpaired) electrons. The van der Waals surface area contributed by atoms with E-state index in [0.717, 1.165) is 6.20 Å². The minimum atomic E-state index is -1.17. The molecule has 0 aliphatic carbocycles. The fraction of sp³-hybridized carbons (Fsp3) is 0.250. The van der Waals surface area contributed by atoms with Gasteiger partial charge in [0.15, 0.2) is 5.69 Å². The summed E-state index contributed by atoms with van der Waals surface area (Å²) in [6, 6.07) is 0. The van der Waals surface area contributed by atoms with Crippen LogP contribution >= 0.6 is 0 Å². The first-order valence-corrected chi connectivity index (χ1v) is 3.99.